The highest BCUT2D eigenvalue weighted by molar-refractivity contribution is 7.99. The summed E-state index contributed by atoms with van der Waals surface area (Å²) in [7, 11) is 0. The van der Waals surface area contributed by atoms with Crippen LogP contribution in [0.5, 0.6) is 0 Å². The number of aromatic nitrogens is 4. The van der Waals surface area contributed by atoms with Crippen molar-refractivity contribution in [3.05, 3.63) is 60.0 Å². The molecule has 1 saturated heterocycles. The van der Waals surface area contributed by atoms with Crippen molar-refractivity contribution in [3.63, 3.8) is 0 Å². The van der Waals surface area contributed by atoms with Crippen LogP contribution < -0.4 is 10.2 Å². The molecule has 1 N–H and O–H groups in total. The van der Waals surface area contributed by atoms with Gasteiger partial charge in [-0.1, -0.05) is 12.1 Å². The van der Waals surface area contributed by atoms with Gasteiger partial charge in [-0.15, -0.1) is 23.1 Å². The van der Waals surface area contributed by atoms with Crippen LogP contribution >= 0.6 is 23.1 Å². The maximum absolute atomic E-state index is 12.9. The van der Waals surface area contributed by atoms with E-state index in [-0.39, 0.29) is 5.91 Å². The molecule has 1 atom stereocenters. The number of thioether (sulfide) groups is 1. The van der Waals surface area contributed by atoms with E-state index in [0.29, 0.717) is 16.9 Å². The molecule has 4 heterocycles. The monoisotopic (exact) mass is 448 g/mol. The molecule has 4 aromatic rings. The van der Waals surface area contributed by atoms with Gasteiger partial charge in [0.25, 0.3) is 5.91 Å². The number of rotatable bonds is 5. The number of para-hydroxylation sites is 2. The van der Waals surface area contributed by atoms with E-state index in [1.54, 1.807) is 18.6 Å². The smallest absolute Gasteiger partial charge is 0.276 e. The Morgan fingerprint density at radius 2 is 2.06 bits per heavy atom. The second-order valence-corrected chi connectivity index (χ2v) is 9.70. The Morgan fingerprint density at radius 1 is 1.16 bits per heavy atom. The predicted octanol–water partition coefficient (Wildman–Crippen LogP) is 4.42. The fourth-order valence-electron chi connectivity index (χ4n) is 4.04. The third-order valence-corrected chi connectivity index (χ3v) is 7.58. The van der Waals surface area contributed by atoms with Crippen LogP contribution in [0.4, 0.5) is 10.9 Å². The van der Waals surface area contributed by atoms with Crippen LogP contribution in [0.1, 0.15) is 23.3 Å². The first kappa shape index (κ1) is 18.8. The Hall–Kier alpha value is -2.91. The number of pyridine rings is 1. The topological polar surface area (TPSA) is 75.9 Å². The highest BCUT2D eigenvalue weighted by Gasteiger charge is 2.39. The SMILES string of the molecule is O=C(Nc1nc(N2CSCC2C2CC2)cs1)c1cc(-n2cnc3ccccc32)ccn1. The number of anilines is 2. The molecular formula is C22H20N6OS2. The minimum Gasteiger partial charge on any atom is -0.343 e. The first-order valence-electron chi connectivity index (χ1n) is 10.3. The van der Waals surface area contributed by atoms with Gasteiger partial charge in [-0.3, -0.25) is 19.7 Å². The molecule has 0 spiro atoms. The molecule has 1 aliphatic heterocycles. The van der Waals surface area contributed by atoms with E-state index in [9.17, 15) is 4.79 Å². The van der Waals surface area contributed by atoms with E-state index in [1.807, 2.05) is 52.0 Å². The summed E-state index contributed by atoms with van der Waals surface area (Å²) in [6.07, 6.45) is 6.06. The quantitative estimate of drug-likeness (QED) is 0.487. The number of thiazole rings is 1. The molecule has 1 amide bonds. The maximum Gasteiger partial charge on any atom is 0.276 e. The summed E-state index contributed by atoms with van der Waals surface area (Å²) in [5, 5.41) is 5.56. The van der Waals surface area contributed by atoms with Gasteiger partial charge >= 0.3 is 0 Å². The predicted molar refractivity (Wildman–Crippen MR) is 125 cm³/mol. The Morgan fingerprint density at radius 3 is 2.97 bits per heavy atom. The Bertz CT molecular complexity index is 1260. The molecule has 3 aromatic heterocycles. The number of benzene rings is 1. The van der Waals surface area contributed by atoms with E-state index in [2.05, 4.69) is 25.2 Å². The number of amides is 1. The molecule has 1 unspecified atom stereocenters. The van der Waals surface area contributed by atoms with Gasteiger partial charge in [0, 0.05) is 23.4 Å². The van der Waals surface area contributed by atoms with Crippen LogP contribution in [-0.4, -0.2) is 43.1 Å². The van der Waals surface area contributed by atoms with Crippen molar-refractivity contribution in [2.75, 3.05) is 21.8 Å². The first-order valence-corrected chi connectivity index (χ1v) is 12.3. The average molecular weight is 449 g/mol. The molecule has 1 saturated carbocycles. The van der Waals surface area contributed by atoms with Crippen LogP contribution in [-0.2, 0) is 0 Å². The maximum atomic E-state index is 12.9. The van der Waals surface area contributed by atoms with Gasteiger partial charge in [-0.25, -0.2) is 9.97 Å². The zero-order valence-corrected chi connectivity index (χ0v) is 18.3. The molecule has 2 fully saturated rings. The molecule has 9 heteroatoms. The molecule has 31 heavy (non-hydrogen) atoms. The summed E-state index contributed by atoms with van der Waals surface area (Å²) in [4.78, 5) is 28.6. The van der Waals surface area contributed by atoms with E-state index in [4.69, 9.17) is 0 Å². The Kier molecular flexibility index (Phi) is 4.65. The number of hydrogen-bond donors (Lipinski definition) is 1. The summed E-state index contributed by atoms with van der Waals surface area (Å²) in [6, 6.07) is 12.1. The molecule has 0 radical (unpaired) electrons. The van der Waals surface area contributed by atoms with Crippen LogP contribution in [0.3, 0.4) is 0 Å². The number of carbonyl (C=O) groups is 1. The van der Waals surface area contributed by atoms with Crippen LogP contribution in [0.15, 0.2) is 54.3 Å². The lowest BCUT2D eigenvalue weighted by molar-refractivity contribution is 0.102. The van der Waals surface area contributed by atoms with Crippen molar-refractivity contribution in [1.82, 2.24) is 19.5 Å². The first-order chi connectivity index (χ1) is 15.3. The Labute approximate surface area is 187 Å². The van der Waals surface area contributed by atoms with Crippen molar-refractivity contribution in [2.45, 2.75) is 18.9 Å². The van der Waals surface area contributed by atoms with Gasteiger partial charge in [-0.2, -0.15) is 0 Å². The zero-order chi connectivity index (χ0) is 20.8. The van der Waals surface area contributed by atoms with Crippen LogP contribution in [0.2, 0.25) is 0 Å². The number of hydrogen-bond acceptors (Lipinski definition) is 7. The molecule has 6 rings (SSSR count). The molecule has 7 nitrogen and oxygen atoms in total. The molecule has 2 aliphatic rings. The van der Waals surface area contributed by atoms with Gasteiger partial charge in [0.05, 0.1) is 22.6 Å². The fourth-order valence-corrected chi connectivity index (χ4v) is 6.06. The number of nitrogens with zero attached hydrogens (tertiary/aromatic N) is 5. The van der Waals surface area contributed by atoms with E-state index >= 15 is 0 Å². The highest BCUT2D eigenvalue weighted by Crippen LogP contribution is 2.42. The second-order valence-electron chi connectivity index (χ2n) is 7.84. The van der Waals surface area contributed by atoms with E-state index in [0.717, 1.165) is 34.3 Å². The molecule has 1 aliphatic carbocycles. The van der Waals surface area contributed by atoms with Crippen LogP contribution in [0, 0.1) is 5.92 Å². The summed E-state index contributed by atoms with van der Waals surface area (Å²) in [6.45, 7) is 0. The van der Waals surface area contributed by atoms with Crippen molar-refractivity contribution in [1.29, 1.82) is 0 Å². The molecule has 156 valence electrons. The third-order valence-electron chi connectivity index (χ3n) is 5.80. The van der Waals surface area contributed by atoms with Crippen molar-refractivity contribution in [2.24, 2.45) is 5.92 Å². The van der Waals surface area contributed by atoms with E-state index < -0.39 is 0 Å². The third kappa shape index (κ3) is 3.57. The van der Waals surface area contributed by atoms with Gasteiger partial charge in [-0.05, 0) is 43.0 Å². The largest absolute Gasteiger partial charge is 0.343 e. The van der Waals surface area contributed by atoms with Crippen molar-refractivity contribution >= 4 is 51.0 Å². The van der Waals surface area contributed by atoms with Gasteiger partial charge in [0.15, 0.2) is 5.13 Å². The zero-order valence-electron chi connectivity index (χ0n) is 16.6. The normalized spacial score (nSPS) is 18.6. The Balaban J connectivity index is 1.21. The second kappa shape index (κ2) is 7.65. The summed E-state index contributed by atoms with van der Waals surface area (Å²) in [5.41, 5.74) is 3.08. The highest BCUT2D eigenvalue weighted by atomic mass is 32.2. The van der Waals surface area contributed by atoms with E-state index in [1.165, 1.54) is 29.9 Å². The lowest BCUT2D eigenvalue weighted by Crippen LogP contribution is -2.32. The van der Waals surface area contributed by atoms with Gasteiger partial charge < -0.3 is 4.90 Å². The van der Waals surface area contributed by atoms with Gasteiger partial charge in [0.1, 0.15) is 17.8 Å². The number of carbonyl (C=O) groups excluding carboxylic acids is 1. The minimum atomic E-state index is -0.262. The average Bonchev–Trinajstić information content (AvgIpc) is 3.19. The number of fused-ring (bicyclic) bond motifs is 1. The minimum absolute atomic E-state index is 0.262. The molecule has 1 aromatic carbocycles. The fraction of sp³-hybridized carbons (Fsp3) is 0.273. The lowest BCUT2D eigenvalue weighted by Gasteiger charge is -2.23. The summed E-state index contributed by atoms with van der Waals surface area (Å²) in [5.74, 6) is 3.65. The lowest BCUT2D eigenvalue weighted by atomic mass is 10.2. The molecule has 0 bridgehead atoms. The number of imidazole rings is 1. The van der Waals surface area contributed by atoms with Gasteiger partial charge in [0.2, 0.25) is 0 Å². The van der Waals surface area contributed by atoms with Crippen LogP contribution in [0.25, 0.3) is 16.7 Å². The number of nitrogens with one attached hydrogen (secondary N) is 1. The summed E-state index contributed by atoms with van der Waals surface area (Å²) >= 11 is 3.42. The summed E-state index contributed by atoms with van der Waals surface area (Å²) < 4.78 is 1.96. The van der Waals surface area contributed by atoms with Crippen molar-refractivity contribution in [3.8, 4) is 5.69 Å². The standard InChI is InChI=1S/C22H20N6OS2/c29-21(26-22-25-20(11-31-22)28-13-30-10-19(28)14-5-6-14)17-9-15(7-8-23-17)27-12-24-16-3-1-2-4-18(16)27/h1-4,7-9,11-12,14,19H,5-6,10,13H2,(H,25,26,29). The molecular weight excluding hydrogens is 428 g/mol. The van der Waals surface area contributed by atoms with Crippen molar-refractivity contribution < 1.29 is 4.79 Å².